The Bertz CT molecular complexity index is 333. The van der Waals surface area contributed by atoms with Gasteiger partial charge >= 0.3 is 0 Å². The molecule has 0 aromatic carbocycles. The van der Waals surface area contributed by atoms with Crippen LogP contribution < -0.4 is 5.32 Å². The van der Waals surface area contributed by atoms with Crippen LogP contribution in [0.5, 0.6) is 0 Å². The van der Waals surface area contributed by atoms with Crippen molar-refractivity contribution >= 4 is 11.6 Å². The van der Waals surface area contributed by atoms with Gasteiger partial charge in [-0.05, 0) is 17.4 Å². The van der Waals surface area contributed by atoms with Crippen LogP contribution in [0.1, 0.15) is 34.6 Å². The molecule has 3 nitrogen and oxygen atoms in total. The van der Waals surface area contributed by atoms with Crippen molar-refractivity contribution in [3.05, 3.63) is 18.6 Å². The van der Waals surface area contributed by atoms with E-state index in [-0.39, 0.29) is 17.2 Å². The van der Waals surface area contributed by atoms with Crippen LogP contribution in [0.3, 0.4) is 0 Å². The molecule has 1 rings (SSSR count). The van der Waals surface area contributed by atoms with E-state index in [0.717, 1.165) is 5.69 Å². The zero-order valence-corrected chi connectivity index (χ0v) is 10.7. The first-order valence-electron chi connectivity index (χ1n) is 5.65. The van der Waals surface area contributed by atoms with Crippen LogP contribution in [-0.4, -0.2) is 5.91 Å². The molecule has 1 atom stereocenters. The summed E-state index contributed by atoms with van der Waals surface area (Å²) in [7, 11) is 0. The number of carbonyl (C=O) groups excluding carboxylic acids is 1. The van der Waals surface area contributed by atoms with Crippen LogP contribution >= 0.6 is 0 Å². The van der Waals surface area contributed by atoms with E-state index in [0.29, 0.717) is 5.92 Å². The van der Waals surface area contributed by atoms with Crippen LogP contribution in [0.2, 0.25) is 0 Å². The number of amides is 1. The molecule has 1 aromatic rings. The van der Waals surface area contributed by atoms with Crippen LogP contribution in [0, 0.1) is 17.3 Å². The first-order chi connectivity index (χ1) is 7.32. The summed E-state index contributed by atoms with van der Waals surface area (Å²) >= 11 is 0. The molecule has 90 valence electrons. The Kier molecular flexibility index (Phi) is 3.79. The average Bonchev–Trinajstić information content (AvgIpc) is 2.52. The molecule has 0 aliphatic heterocycles. The van der Waals surface area contributed by atoms with E-state index < -0.39 is 0 Å². The van der Waals surface area contributed by atoms with Gasteiger partial charge in [-0.3, -0.25) is 4.79 Å². The van der Waals surface area contributed by atoms with Crippen molar-refractivity contribution in [2.75, 3.05) is 5.32 Å². The molecule has 1 N–H and O–H groups in total. The van der Waals surface area contributed by atoms with Crippen LogP contribution in [0.4, 0.5) is 5.69 Å². The molecule has 0 radical (unpaired) electrons. The average molecular weight is 223 g/mol. The zero-order chi connectivity index (χ0) is 12.3. The van der Waals surface area contributed by atoms with E-state index >= 15 is 0 Å². The second kappa shape index (κ2) is 4.73. The quantitative estimate of drug-likeness (QED) is 0.851. The highest BCUT2D eigenvalue weighted by Gasteiger charge is 2.33. The minimum absolute atomic E-state index is 0.0117. The van der Waals surface area contributed by atoms with E-state index in [4.69, 9.17) is 4.42 Å². The fourth-order valence-electron chi connectivity index (χ4n) is 2.25. The highest BCUT2D eigenvalue weighted by Crippen LogP contribution is 2.33. The maximum atomic E-state index is 12.1. The van der Waals surface area contributed by atoms with E-state index in [9.17, 15) is 4.79 Å². The molecule has 16 heavy (non-hydrogen) atoms. The Morgan fingerprint density at radius 3 is 2.38 bits per heavy atom. The summed E-state index contributed by atoms with van der Waals surface area (Å²) in [5.74, 6) is 0.359. The van der Waals surface area contributed by atoms with Crippen molar-refractivity contribution in [2.45, 2.75) is 34.6 Å². The molecule has 0 bridgehead atoms. The van der Waals surface area contributed by atoms with Gasteiger partial charge in [-0.1, -0.05) is 34.6 Å². The third-order valence-corrected chi connectivity index (χ3v) is 2.67. The van der Waals surface area contributed by atoms with Gasteiger partial charge in [0, 0.05) is 5.92 Å². The fourth-order valence-corrected chi connectivity index (χ4v) is 2.25. The van der Waals surface area contributed by atoms with Gasteiger partial charge in [0.25, 0.3) is 0 Å². The molecule has 0 fully saturated rings. The molecule has 0 spiro atoms. The van der Waals surface area contributed by atoms with Gasteiger partial charge in [-0.15, -0.1) is 0 Å². The van der Waals surface area contributed by atoms with Crippen molar-refractivity contribution in [3.63, 3.8) is 0 Å². The molecular weight excluding hydrogens is 202 g/mol. The SMILES string of the molecule is CC(C)C(C(=O)Nc1ccoc1)C(C)(C)C. The lowest BCUT2D eigenvalue weighted by Crippen LogP contribution is -2.36. The summed E-state index contributed by atoms with van der Waals surface area (Å²) in [6, 6.07) is 1.75. The standard InChI is InChI=1S/C13H21NO2/c1-9(2)11(13(3,4)5)12(15)14-10-6-7-16-8-10/h6-9,11H,1-5H3,(H,14,15). The van der Waals surface area contributed by atoms with E-state index in [2.05, 4.69) is 39.9 Å². The first-order valence-corrected chi connectivity index (χ1v) is 5.65. The monoisotopic (exact) mass is 223 g/mol. The van der Waals surface area contributed by atoms with Crippen LogP contribution in [0.15, 0.2) is 23.0 Å². The zero-order valence-electron chi connectivity index (χ0n) is 10.7. The fraction of sp³-hybridized carbons (Fsp3) is 0.615. The predicted octanol–water partition coefficient (Wildman–Crippen LogP) is 3.54. The molecule has 1 amide bonds. The van der Waals surface area contributed by atoms with Crippen molar-refractivity contribution in [2.24, 2.45) is 17.3 Å². The van der Waals surface area contributed by atoms with Gasteiger partial charge in [0.2, 0.25) is 5.91 Å². The van der Waals surface area contributed by atoms with Gasteiger partial charge < -0.3 is 9.73 Å². The van der Waals surface area contributed by atoms with E-state index in [1.807, 2.05) is 0 Å². The van der Waals surface area contributed by atoms with E-state index in [1.54, 1.807) is 12.3 Å². The topological polar surface area (TPSA) is 42.2 Å². The number of rotatable bonds is 3. The Hall–Kier alpha value is -1.25. The van der Waals surface area contributed by atoms with E-state index in [1.165, 1.54) is 6.26 Å². The number of anilines is 1. The molecular formula is C13H21NO2. The largest absolute Gasteiger partial charge is 0.470 e. The van der Waals surface area contributed by atoms with Crippen molar-refractivity contribution in [1.82, 2.24) is 0 Å². The smallest absolute Gasteiger partial charge is 0.228 e. The normalized spacial score (nSPS) is 13.9. The minimum Gasteiger partial charge on any atom is -0.470 e. The number of furan rings is 1. The van der Waals surface area contributed by atoms with Crippen molar-refractivity contribution < 1.29 is 9.21 Å². The summed E-state index contributed by atoms with van der Waals surface area (Å²) < 4.78 is 4.93. The highest BCUT2D eigenvalue weighted by molar-refractivity contribution is 5.92. The van der Waals surface area contributed by atoms with Crippen LogP contribution in [0.25, 0.3) is 0 Å². The van der Waals surface area contributed by atoms with Crippen molar-refractivity contribution in [3.8, 4) is 0 Å². The Balaban J connectivity index is 2.77. The molecule has 1 unspecified atom stereocenters. The Labute approximate surface area is 97.2 Å². The number of hydrogen-bond acceptors (Lipinski definition) is 2. The molecule has 1 heterocycles. The second-order valence-corrected chi connectivity index (χ2v) is 5.59. The lowest BCUT2D eigenvalue weighted by molar-refractivity contribution is -0.124. The lowest BCUT2D eigenvalue weighted by Gasteiger charge is -2.32. The third-order valence-electron chi connectivity index (χ3n) is 2.67. The van der Waals surface area contributed by atoms with Gasteiger partial charge in [0.1, 0.15) is 6.26 Å². The van der Waals surface area contributed by atoms with Crippen molar-refractivity contribution in [1.29, 1.82) is 0 Å². The second-order valence-electron chi connectivity index (χ2n) is 5.59. The molecule has 0 saturated carbocycles. The Morgan fingerprint density at radius 2 is 2.00 bits per heavy atom. The maximum absolute atomic E-state index is 12.1. The molecule has 3 heteroatoms. The lowest BCUT2D eigenvalue weighted by atomic mass is 9.74. The molecule has 0 aliphatic rings. The summed E-state index contributed by atoms with van der Waals surface area (Å²) in [5, 5.41) is 2.88. The molecule has 0 saturated heterocycles. The van der Waals surface area contributed by atoms with Crippen LogP contribution in [-0.2, 0) is 4.79 Å². The van der Waals surface area contributed by atoms with Gasteiger partial charge in [0.05, 0.1) is 12.0 Å². The number of hydrogen-bond donors (Lipinski definition) is 1. The first kappa shape index (κ1) is 12.8. The predicted molar refractivity (Wildman–Crippen MR) is 65.1 cm³/mol. The maximum Gasteiger partial charge on any atom is 0.228 e. The third kappa shape index (κ3) is 3.12. The summed E-state index contributed by atoms with van der Waals surface area (Å²) in [6.45, 7) is 10.4. The van der Waals surface area contributed by atoms with Gasteiger partial charge in [0.15, 0.2) is 0 Å². The number of nitrogens with one attached hydrogen (secondary N) is 1. The summed E-state index contributed by atoms with van der Waals surface area (Å²) in [5.41, 5.74) is 0.682. The summed E-state index contributed by atoms with van der Waals surface area (Å²) in [6.07, 6.45) is 3.09. The van der Waals surface area contributed by atoms with Gasteiger partial charge in [-0.2, -0.15) is 0 Å². The molecule has 1 aromatic heterocycles. The highest BCUT2D eigenvalue weighted by atomic mass is 16.3. The van der Waals surface area contributed by atoms with Gasteiger partial charge in [-0.25, -0.2) is 0 Å². The molecule has 0 aliphatic carbocycles. The Morgan fingerprint density at radius 1 is 1.38 bits per heavy atom. The number of carbonyl (C=O) groups is 1. The minimum atomic E-state index is -0.0397. The summed E-state index contributed by atoms with van der Waals surface area (Å²) in [4.78, 5) is 12.1.